The quantitative estimate of drug-likeness (QED) is 0.517. The van der Waals surface area contributed by atoms with Gasteiger partial charge in [-0.1, -0.05) is 48.0 Å². The van der Waals surface area contributed by atoms with Crippen molar-refractivity contribution < 1.29 is 4.79 Å². The Hall–Kier alpha value is -2.10. The largest absolute Gasteiger partial charge is 0.331 e. The summed E-state index contributed by atoms with van der Waals surface area (Å²) in [5.74, 6) is 0.154. The summed E-state index contributed by atoms with van der Waals surface area (Å²) in [5.41, 5.74) is 4.52. The first-order valence-corrected chi connectivity index (χ1v) is 10.1. The zero-order valence-corrected chi connectivity index (χ0v) is 16.2. The molecule has 0 spiro atoms. The van der Waals surface area contributed by atoms with Crippen molar-refractivity contribution in [2.45, 2.75) is 25.8 Å². The molecular weight excluding hydrogens is 362 g/mol. The van der Waals surface area contributed by atoms with Crippen LogP contribution in [0.4, 0.5) is 0 Å². The molecule has 1 aliphatic heterocycles. The number of likely N-dealkylation sites (tertiary alicyclic amines) is 1. The summed E-state index contributed by atoms with van der Waals surface area (Å²) in [7, 11) is 0. The van der Waals surface area contributed by atoms with Gasteiger partial charge in [0.15, 0.2) is 0 Å². The van der Waals surface area contributed by atoms with E-state index in [9.17, 15) is 4.79 Å². The van der Waals surface area contributed by atoms with Gasteiger partial charge in [0.25, 0.3) is 5.91 Å². The van der Waals surface area contributed by atoms with Crippen molar-refractivity contribution in [3.63, 3.8) is 0 Å². The lowest BCUT2D eigenvalue weighted by Crippen LogP contribution is -2.30. The van der Waals surface area contributed by atoms with Gasteiger partial charge in [-0.15, -0.1) is 11.3 Å². The minimum Gasteiger partial charge on any atom is -0.331 e. The molecule has 4 heteroatoms. The van der Waals surface area contributed by atoms with Gasteiger partial charge >= 0.3 is 0 Å². The number of aryl methyl sites for hydroxylation is 1. The van der Waals surface area contributed by atoms with Gasteiger partial charge in [0.1, 0.15) is 0 Å². The summed E-state index contributed by atoms with van der Waals surface area (Å²) < 4.78 is 0. The Kier molecular flexibility index (Phi) is 4.84. The number of nitrogens with zero attached hydrogens (tertiary/aromatic N) is 1. The maximum Gasteiger partial charge on any atom is 0.264 e. The van der Waals surface area contributed by atoms with Crippen LogP contribution in [0.25, 0.3) is 11.1 Å². The second-order valence-electron chi connectivity index (χ2n) is 6.69. The first-order chi connectivity index (χ1) is 12.6. The number of hydrogen-bond donors (Lipinski definition) is 0. The molecule has 1 fully saturated rings. The van der Waals surface area contributed by atoms with Gasteiger partial charge in [-0.25, -0.2) is 0 Å². The molecule has 0 radical (unpaired) electrons. The van der Waals surface area contributed by atoms with Crippen molar-refractivity contribution in [2.75, 3.05) is 6.54 Å². The number of rotatable bonds is 3. The monoisotopic (exact) mass is 381 g/mol. The molecule has 26 heavy (non-hydrogen) atoms. The summed E-state index contributed by atoms with van der Waals surface area (Å²) in [6.07, 6.45) is 2.03. The summed E-state index contributed by atoms with van der Waals surface area (Å²) in [6, 6.07) is 18.4. The van der Waals surface area contributed by atoms with Crippen LogP contribution in [0, 0.1) is 6.92 Å². The minimum absolute atomic E-state index is 0.110. The third kappa shape index (κ3) is 3.17. The molecule has 1 aliphatic rings. The number of amides is 1. The predicted octanol–water partition coefficient (Wildman–Crippen LogP) is 6.35. The number of carbonyl (C=O) groups excluding carboxylic acids is 1. The van der Waals surface area contributed by atoms with Gasteiger partial charge in [0.2, 0.25) is 0 Å². The first-order valence-electron chi connectivity index (χ1n) is 8.85. The van der Waals surface area contributed by atoms with Crippen molar-refractivity contribution in [3.05, 3.63) is 81.0 Å². The van der Waals surface area contributed by atoms with Crippen molar-refractivity contribution in [1.29, 1.82) is 0 Å². The summed E-state index contributed by atoms with van der Waals surface area (Å²) in [4.78, 5) is 16.0. The van der Waals surface area contributed by atoms with Gasteiger partial charge in [-0.3, -0.25) is 4.79 Å². The van der Waals surface area contributed by atoms with Gasteiger partial charge in [0, 0.05) is 11.6 Å². The minimum atomic E-state index is 0.110. The molecule has 1 aromatic heterocycles. The normalized spacial score (nSPS) is 16.8. The van der Waals surface area contributed by atoms with Gasteiger partial charge < -0.3 is 4.90 Å². The summed E-state index contributed by atoms with van der Waals surface area (Å²) in [6.45, 7) is 2.82. The standard InChI is InChI=1S/C22H20ClNOS/c1-15-11-13-26-21(15)22(25)24-12-5-10-20(24)19-9-3-2-8-18(19)16-6-4-7-17(23)14-16/h2-4,6-9,11,13-14,20H,5,10,12H2,1H3/t20-/m0/s1. The van der Waals surface area contributed by atoms with E-state index in [1.165, 1.54) is 16.9 Å². The zero-order chi connectivity index (χ0) is 18.1. The highest BCUT2D eigenvalue weighted by Crippen LogP contribution is 2.39. The molecule has 3 aromatic rings. The number of benzene rings is 2. The van der Waals surface area contributed by atoms with Crippen LogP contribution in [0.2, 0.25) is 5.02 Å². The fourth-order valence-electron chi connectivity index (χ4n) is 3.76. The van der Waals surface area contributed by atoms with Crippen LogP contribution < -0.4 is 0 Å². The van der Waals surface area contributed by atoms with E-state index < -0.39 is 0 Å². The van der Waals surface area contributed by atoms with Crippen LogP contribution >= 0.6 is 22.9 Å². The molecule has 132 valence electrons. The molecule has 1 amide bonds. The second-order valence-corrected chi connectivity index (χ2v) is 8.04. The van der Waals surface area contributed by atoms with Crippen LogP contribution in [0.5, 0.6) is 0 Å². The van der Waals surface area contributed by atoms with E-state index >= 15 is 0 Å². The van der Waals surface area contributed by atoms with Gasteiger partial charge in [0.05, 0.1) is 10.9 Å². The smallest absolute Gasteiger partial charge is 0.264 e. The molecule has 4 rings (SSSR count). The fourth-order valence-corrected chi connectivity index (χ4v) is 4.83. The lowest BCUT2D eigenvalue weighted by molar-refractivity contribution is 0.0740. The second kappa shape index (κ2) is 7.26. The number of carbonyl (C=O) groups is 1. The Morgan fingerprint density at radius 3 is 2.77 bits per heavy atom. The van der Waals surface area contributed by atoms with E-state index in [1.807, 2.05) is 47.5 Å². The molecule has 0 unspecified atom stereocenters. The van der Waals surface area contributed by atoms with Crippen LogP contribution in [-0.2, 0) is 0 Å². The lowest BCUT2D eigenvalue weighted by atomic mass is 9.93. The molecule has 1 saturated heterocycles. The van der Waals surface area contributed by atoms with E-state index in [-0.39, 0.29) is 11.9 Å². The average molecular weight is 382 g/mol. The SMILES string of the molecule is Cc1ccsc1C(=O)N1CCC[C@H]1c1ccccc1-c1cccc(Cl)c1. The van der Waals surface area contributed by atoms with Crippen molar-refractivity contribution in [3.8, 4) is 11.1 Å². The molecule has 0 N–H and O–H groups in total. The molecule has 0 aliphatic carbocycles. The predicted molar refractivity (Wildman–Crippen MR) is 109 cm³/mol. The van der Waals surface area contributed by atoms with Crippen LogP contribution in [0.1, 0.15) is 39.7 Å². The highest BCUT2D eigenvalue weighted by atomic mass is 35.5. The highest BCUT2D eigenvalue weighted by Gasteiger charge is 2.33. The number of hydrogen-bond acceptors (Lipinski definition) is 2. The summed E-state index contributed by atoms with van der Waals surface area (Å²) in [5, 5.41) is 2.72. The maximum atomic E-state index is 13.1. The third-order valence-electron chi connectivity index (χ3n) is 5.03. The van der Waals surface area contributed by atoms with Crippen LogP contribution in [-0.4, -0.2) is 17.4 Å². The van der Waals surface area contributed by atoms with Crippen molar-refractivity contribution in [1.82, 2.24) is 4.90 Å². The van der Waals surface area contributed by atoms with E-state index in [0.29, 0.717) is 0 Å². The topological polar surface area (TPSA) is 20.3 Å². The Morgan fingerprint density at radius 1 is 1.15 bits per heavy atom. The Labute approximate surface area is 163 Å². The molecule has 2 aromatic carbocycles. The third-order valence-corrected chi connectivity index (χ3v) is 6.26. The summed E-state index contributed by atoms with van der Waals surface area (Å²) >= 11 is 7.74. The van der Waals surface area contributed by atoms with E-state index in [1.54, 1.807) is 0 Å². The molecule has 0 saturated carbocycles. The number of halogens is 1. The molecule has 2 nitrogen and oxygen atoms in total. The zero-order valence-electron chi connectivity index (χ0n) is 14.6. The Morgan fingerprint density at radius 2 is 2.00 bits per heavy atom. The average Bonchev–Trinajstić information content (AvgIpc) is 3.30. The first kappa shape index (κ1) is 17.3. The Balaban J connectivity index is 1.73. The molecule has 0 bridgehead atoms. The maximum absolute atomic E-state index is 13.1. The molecular formula is C22H20ClNOS. The lowest BCUT2D eigenvalue weighted by Gasteiger charge is -2.27. The molecule has 1 atom stereocenters. The van der Waals surface area contributed by atoms with Crippen molar-refractivity contribution in [2.24, 2.45) is 0 Å². The van der Waals surface area contributed by atoms with Gasteiger partial charge in [-0.05, 0) is 65.6 Å². The van der Waals surface area contributed by atoms with Crippen molar-refractivity contribution >= 4 is 28.8 Å². The van der Waals surface area contributed by atoms with Crippen LogP contribution in [0.15, 0.2) is 60.0 Å². The van der Waals surface area contributed by atoms with Gasteiger partial charge in [-0.2, -0.15) is 0 Å². The van der Waals surface area contributed by atoms with E-state index in [0.717, 1.165) is 46.0 Å². The number of thiophene rings is 1. The van der Waals surface area contributed by atoms with E-state index in [2.05, 4.69) is 24.3 Å². The van der Waals surface area contributed by atoms with E-state index in [4.69, 9.17) is 11.6 Å². The Bertz CT molecular complexity index is 949. The van der Waals surface area contributed by atoms with Crippen LogP contribution in [0.3, 0.4) is 0 Å². The fraction of sp³-hybridized carbons (Fsp3) is 0.227. The highest BCUT2D eigenvalue weighted by molar-refractivity contribution is 7.12. The molecule has 2 heterocycles.